The van der Waals surface area contributed by atoms with Crippen LogP contribution in [0, 0.1) is 0 Å². The molecule has 16 heavy (non-hydrogen) atoms. The Morgan fingerprint density at radius 3 is 2.69 bits per heavy atom. The summed E-state index contributed by atoms with van der Waals surface area (Å²) in [4.78, 5) is 0. The maximum atomic E-state index is 6.13. The van der Waals surface area contributed by atoms with E-state index in [1.165, 1.54) is 0 Å². The molecule has 1 saturated carbocycles. The third-order valence-electron chi connectivity index (χ3n) is 3.23. The van der Waals surface area contributed by atoms with Crippen LogP contribution in [0.25, 0.3) is 0 Å². The summed E-state index contributed by atoms with van der Waals surface area (Å²) >= 11 is 6.13. The van der Waals surface area contributed by atoms with Crippen LogP contribution in [0.5, 0.6) is 0 Å². The molecule has 1 aliphatic carbocycles. The van der Waals surface area contributed by atoms with Gasteiger partial charge in [-0.2, -0.15) is 0 Å². The van der Waals surface area contributed by atoms with Crippen LogP contribution in [0.4, 0.5) is 0 Å². The SMILES string of the molecule is CCCOC1C(Cl)CC1OC1CCOCC1. The fraction of sp³-hybridized carbons (Fsp3) is 1.00. The van der Waals surface area contributed by atoms with Gasteiger partial charge >= 0.3 is 0 Å². The van der Waals surface area contributed by atoms with Crippen molar-refractivity contribution >= 4 is 11.6 Å². The minimum Gasteiger partial charge on any atom is -0.381 e. The maximum Gasteiger partial charge on any atom is 0.100 e. The minimum absolute atomic E-state index is 0.101. The molecule has 2 fully saturated rings. The highest BCUT2D eigenvalue weighted by atomic mass is 35.5. The maximum absolute atomic E-state index is 6.13. The first kappa shape index (κ1) is 12.6. The number of rotatable bonds is 5. The Morgan fingerprint density at radius 1 is 1.31 bits per heavy atom. The van der Waals surface area contributed by atoms with E-state index in [9.17, 15) is 0 Å². The quantitative estimate of drug-likeness (QED) is 0.699. The fourth-order valence-electron chi connectivity index (χ4n) is 2.19. The van der Waals surface area contributed by atoms with Gasteiger partial charge in [0, 0.05) is 19.8 Å². The molecule has 94 valence electrons. The van der Waals surface area contributed by atoms with E-state index in [1.807, 2.05) is 0 Å². The number of alkyl halides is 1. The van der Waals surface area contributed by atoms with E-state index in [2.05, 4.69) is 6.92 Å². The van der Waals surface area contributed by atoms with Gasteiger partial charge in [-0.15, -0.1) is 11.6 Å². The summed E-state index contributed by atoms with van der Waals surface area (Å²) in [6.45, 7) is 4.53. The van der Waals surface area contributed by atoms with E-state index in [4.69, 9.17) is 25.8 Å². The van der Waals surface area contributed by atoms with Gasteiger partial charge in [0.2, 0.25) is 0 Å². The Labute approximate surface area is 102 Å². The smallest absolute Gasteiger partial charge is 0.100 e. The molecular formula is C12H21ClO3. The van der Waals surface area contributed by atoms with Gasteiger partial charge < -0.3 is 14.2 Å². The molecule has 0 aromatic carbocycles. The van der Waals surface area contributed by atoms with Gasteiger partial charge in [0.25, 0.3) is 0 Å². The summed E-state index contributed by atoms with van der Waals surface area (Å²) in [5.74, 6) is 0. The lowest BCUT2D eigenvalue weighted by Gasteiger charge is -2.42. The molecule has 0 spiro atoms. The summed E-state index contributed by atoms with van der Waals surface area (Å²) in [5, 5.41) is 0.136. The molecule has 3 unspecified atom stereocenters. The molecule has 2 rings (SSSR count). The van der Waals surface area contributed by atoms with Crippen molar-refractivity contribution < 1.29 is 14.2 Å². The predicted molar refractivity (Wildman–Crippen MR) is 63.0 cm³/mol. The van der Waals surface area contributed by atoms with Gasteiger partial charge in [-0.1, -0.05) is 6.92 Å². The summed E-state index contributed by atoms with van der Waals surface area (Å²) < 4.78 is 17.0. The van der Waals surface area contributed by atoms with Gasteiger partial charge in [0.1, 0.15) is 6.10 Å². The van der Waals surface area contributed by atoms with E-state index in [0.717, 1.165) is 45.5 Å². The van der Waals surface area contributed by atoms with E-state index < -0.39 is 0 Å². The van der Waals surface area contributed by atoms with Crippen molar-refractivity contribution in [1.29, 1.82) is 0 Å². The van der Waals surface area contributed by atoms with E-state index in [1.54, 1.807) is 0 Å². The predicted octanol–water partition coefficient (Wildman–Crippen LogP) is 2.36. The third-order valence-corrected chi connectivity index (χ3v) is 3.66. The lowest BCUT2D eigenvalue weighted by molar-refractivity contribution is -0.162. The molecule has 0 aromatic rings. The third kappa shape index (κ3) is 3.10. The molecule has 2 aliphatic rings. The molecular weight excluding hydrogens is 228 g/mol. The fourth-order valence-corrected chi connectivity index (χ4v) is 2.60. The molecule has 0 amide bonds. The Bertz CT molecular complexity index is 206. The number of hydrogen-bond donors (Lipinski definition) is 0. The highest BCUT2D eigenvalue weighted by Gasteiger charge is 2.42. The van der Waals surface area contributed by atoms with E-state index >= 15 is 0 Å². The Morgan fingerprint density at radius 2 is 2.06 bits per heavy atom. The number of ether oxygens (including phenoxy) is 3. The van der Waals surface area contributed by atoms with Crippen molar-refractivity contribution in [1.82, 2.24) is 0 Å². The Balaban J connectivity index is 1.72. The molecule has 1 saturated heterocycles. The topological polar surface area (TPSA) is 27.7 Å². The van der Waals surface area contributed by atoms with Crippen LogP contribution in [0.1, 0.15) is 32.6 Å². The monoisotopic (exact) mass is 248 g/mol. The average molecular weight is 249 g/mol. The van der Waals surface area contributed by atoms with E-state index in [0.29, 0.717) is 6.10 Å². The first-order valence-electron chi connectivity index (χ1n) is 6.30. The van der Waals surface area contributed by atoms with Gasteiger partial charge in [-0.25, -0.2) is 0 Å². The number of halogens is 1. The van der Waals surface area contributed by atoms with Crippen LogP contribution in [0.3, 0.4) is 0 Å². The zero-order valence-corrected chi connectivity index (χ0v) is 10.6. The highest BCUT2D eigenvalue weighted by Crippen LogP contribution is 2.33. The normalized spacial score (nSPS) is 36.0. The summed E-state index contributed by atoms with van der Waals surface area (Å²) in [6.07, 6.45) is 4.61. The second-order valence-corrected chi connectivity index (χ2v) is 5.13. The van der Waals surface area contributed by atoms with Gasteiger partial charge in [-0.05, 0) is 25.7 Å². The molecule has 4 heteroatoms. The first-order valence-corrected chi connectivity index (χ1v) is 6.73. The van der Waals surface area contributed by atoms with Gasteiger partial charge in [0.15, 0.2) is 0 Å². The molecule has 0 aromatic heterocycles. The van der Waals surface area contributed by atoms with Crippen LogP contribution < -0.4 is 0 Å². The highest BCUT2D eigenvalue weighted by molar-refractivity contribution is 6.21. The Hall–Kier alpha value is 0.170. The Kier molecular flexibility index (Phi) is 4.89. The van der Waals surface area contributed by atoms with Gasteiger partial charge in [-0.3, -0.25) is 0 Å². The number of hydrogen-bond acceptors (Lipinski definition) is 3. The lowest BCUT2D eigenvalue weighted by atomic mass is 9.90. The van der Waals surface area contributed by atoms with Crippen LogP contribution >= 0.6 is 11.6 Å². The van der Waals surface area contributed by atoms with Crippen molar-refractivity contribution in [3.05, 3.63) is 0 Å². The zero-order chi connectivity index (χ0) is 11.4. The largest absolute Gasteiger partial charge is 0.381 e. The minimum atomic E-state index is 0.101. The summed E-state index contributed by atoms with van der Waals surface area (Å²) in [6, 6.07) is 0. The van der Waals surface area contributed by atoms with Crippen LogP contribution in [-0.4, -0.2) is 43.5 Å². The molecule has 1 heterocycles. The van der Waals surface area contributed by atoms with Crippen molar-refractivity contribution in [2.45, 2.75) is 56.3 Å². The molecule has 0 radical (unpaired) electrons. The molecule has 0 bridgehead atoms. The average Bonchev–Trinajstić information content (AvgIpc) is 2.30. The first-order chi connectivity index (χ1) is 7.81. The van der Waals surface area contributed by atoms with Crippen LogP contribution in [-0.2, 0) is 14.2 Å². The molecule has 1 aliphatic heterocycles. The molecule has 0 N–H and O–H groups in total. The summed E-state index contributed by atoms with van der Waals surface area (Å²) in [7, 11) is 0. The second-order valence-electron chi connectivity index (χ2n) is 4.57. The zero-order valence-electron chi connectivity index (χ0n) is 9.86. The molecule has 3 nitrogen and oxygen atoms in total. The van der Waals surface area contributed by atoms with Crippen molar-refractivity contribution in [3.63, 3.8) is 0 Å². The lowest BCUT2D eigenvalue weighted by Crippen LogP contribution is -2.52. The van der Waals surface area contributed by atoms with Crippen molar-refractivity contribution in [3.8, 4) is 0 Å². The second kappa shape index (κ2) is 6.20. The van der Waals surface area contributed by atoms with Gasteiger partial charge in [0.05, 0.1) is 17.6 Å². The van der Waals surface area contributed by atoms with Crippen LogP contribution in [0.2, 0.25) is 0 Å². The van der Waals surface area contributed by atoms with Crippen LogP contribution in [0.15, 0.2) is 0 Å². The van der Waals surface area contributed by atoms with Crippen molar-refractivity contribution in [2.75, 3.05) is 19.8 Å². The summed E-state index contributed by atoms with van der Waals surface area (Å²) in [5.41, 5.74) is 0. The van der Waals surface area contributed by atoms with E-state index in [-0.39, 0.29) is 17.6 Å². The van der Waals surface area contributed by atoms with Crippen molar-refractivity contribution in [2.24, 2.45) is 0 Å². The standard InChI is InChI=1S/C12H21ClO3/c1-2-5-15-12-10(13)8-11(12)16-9-3-6-14-7-4-9/h9-12H,2-8H2,1H3. The molecule has 3 atom stereocenters.